The van der Waals surface area contributed by atoms with Gasteiger partial charge in [0.15, 0.2) is 0 Å². The van der Waals surface area contributed by atoms with Crippen LogP contribution in [0.1, 0.15) is 29.5 Å². The molecule has 0 bridgehead atoms. The minimum atomic E-state index is -3.69. The molecule has 0 radical (unpaired) electrons. The number of carbonyl (C=O) groups is 1. The third kappa shape index (κ3) is 5.71. The van der Waals surface area contributed by atoms with Crippen LogP contribution >= 0.6 is 0 Å². The Balaban J connectivity index is 1.42. The van der Waals surface area contributed by atoms with Crippen LogP contribution in [0.3, 0.4) is 0 Å². The normalized spacial score (nSPS) is 13.9. The zero-order chi connectivity index (χ0) is 26.8. The van der Waals surface area contributed by atoms with Crippen molar-refractivity contribution in [2.75, 3.05) is 30.3 Å². The van der Waals surface area contributed by atoms with E-state index in [1.54, 1.807) is 37.3 Å². The number of fused-ring (bicyclic) bond motifs is 1. The second-order valence-corrected chi connectivity index (χ2v) is 13.3. The fourth-order valence-corrected chi connectivity index (χ4v) is 6.75. The molecule has 1 aliphatic heterocycles. The Kier molecular flexibility index (Phi) is 7.72. The number of benzene rings is 3. The van der Waals surface area contributed by atoms with Crippen LogP contribution < -0.4 is 9.62 Å². The van der Waals surface area contributed by atoms with Gasteiger partial charge in [-0.2, -0.15) is 0 Å². The van der Waals surface area contributed by atoms with E-state index in [4.69, 9.17) is 0 Å². The van der Waals surface area contributed by atoms with Crippen molar-refractivity contribution in [1.29, 1.82) is 0 Å². The summed E-state index contributed by atoms with van der Waals surface area (Å²) >= 11 is 0. The number of sulfonamides is 2. The Labute approximate surface area is 219 Å². The average Bonchev–Trinajstić information content (AvgIpc) is 2.88. The van der Waals surface area contributed by atoms with E-state index < -0.39 is 20.0 Å². The highest BCUT2D eigenvalue weighted by atomic mass is 32.2. The molecular formula is C27H31N3O5S2. The summed E-state index contributed by atoms with van der Waals surface area (Å²) in [6.07, 6.45) is 2.20. The topological polar surface area (TPSA) is 104 Å². The van der Waals surface area contributed by atoms with Gasteiger partial charge in [0.1, 0.15) is 0 Å². The highest BCUT2D eigenvalue weighted by molar-refractivity contribution is 7.92. The van der Waals surface area contributed by atoms with Gasteiger partial charge in [0.05, 0.1) is 15.5 Å². The van der Waals surface area contributed by atoms with Crippen LogP contribution in [0.5, 0.6) is 0 Å². The van der Waals surface area contributed by atoms with Crippen molar-refractivity contribution in [3.63, 3.8) is 0 Å². The number of para-hydroxylation sites is 1. The summed E-state index contributed by atoms with van der Waals surface area (Å²) in [4.78, 5) is 12.9. The molecule has 0 spiro atoms. The lowest BCUT2D eigenvalue weighted by Crippen LogP contribution is -2.35. The first-order chi connectivity index (χ1) is 17.5. The van der Waals surface area contributed by atoms with Crippen molar-refractivity contribution >= 4 is 37.3 Å². The van der Waals surface area contributed by atoms with Gasteiger partial charge >= 0.3 is 0 Å². The van der Waals surface area contributed by atoms with Gasteiger partial charge in [-0.05, 0) is 73.2 Å². The number of nitrogens with one attached hydrogen (secondary N) is 1. The molecule has 0 unspecified atom stereocenters. The van der Waals surface area contributed by atoms with Gasteiger partial charge in [0.25, 0.3) is 10.0 Å². The number of nitrogens with zero attached hydrogens (tertiary/aromatic N) is 2. The minimum absolute atomic E-state index is 0.103. The highest BCUT2D eigenvalue weighted by Crippen LogP contribution is 2.32. The molecule has 0 saturated heterocycles. The smallest absolute Gasteiger partial charge is 0.264 e. The maximum atomic E-state index is 13.3. The predicted octanol–water partition coefficient (Wildman–Crippen LogP) is 3.96. The van der Waals surface area contributed by atoms with E-state index in [9.17, 15) is 21.6 Å². The Morgan fingerprint density at radius 2 is 1.62 bits per heavy atom. The molecule has 0 aliphatic carbocycles. The van der Waals surface area contributed by atoms with Crippen molar-refractivity contribution in [3.8, 4) is 0 Å². The standard InChI is InChI=1S/C27H31N3O5S2/c1-20-10-14-24(36(32,33)29(2)3)19-25(20)28-27(31)17-13-21-11-15-23(16-12-21)37(34,35)30-18-6-8-22-7-4-5-9-26(22)30/h4-5,7,9-12,14-16,19H,6,8,13,17-18H2,1-3H3,(H,28,31). The van der Waals surface area contributed by atoms with E-state index in [1.807, 2.05) is 24.3 Å². The Morgan fingerprint density at radius 3 is 2.32 bits per heavy atom. The second-order valence-electron chi connectivity index (χ2n) is 9.27. The van der Waals surface area contributed by atoms with Crippen molar-refractivity contribution in [2.24, 2.45) is 0 Å². The Hall–Kier alpha value is -3.21. The molecule has 1 heterocycles. The number of anilines is 2. The van der Waals surface area contributed by atoms with Gasteiger partial charge in [0.2, 0.25) is 15.9 Å². The van der Waals surface area contributed by atoms with Crippen molar-refractivity contribution in [2.45, 2.75) is 42.4 Å². The van der Waals surface area contributed by atoms with Crippen LogP contribution in [0.15, 0.2) is 76.5 Å². The van der Waals surface area contributed by atoms with Crippen molar-refractivity contribution in [3.05, 3.63) is 83.4 Å². The van der Waals surface area contributed by atoms with Gasteiger partial charge in [0, 0.05) is 32.7 Å². The molecule has 0 aromatic heterocycles. The van der Waals surface area contributed by atoms with Gasteiger partial charge in [-0.15, -0.1) is 0 Å². The predicted molar refractivity (Wildman–Crippen MR) is 145 cm³/mol. The molecule has 1 aliphatic rings. The molecule has 0 saturated carbocycles. The van der Waals surface area contributed by atoms with Crippen LogP contribution in [0.4, 0.5) is 11.4 Å². The summed E-state index contributed by atoms with van der Waals surface area (Å²) in [6.45, 7) is 2.24. The van der Waals surface area contributed by atoms with Gasteiger partial charge in [-0.25, -0.2) is 21.1 Å². The summed E-state index contributed by atoms with van der Waals surface area (Å²) in [5, 5.41) is 2.80. The monoisotopic (exact) mass is 541 g/mol. The first-order valence-corrected chi connectivity index (χ1v) is 14.9. The van der Waals surface area contributed by atoms with Crippen LogP contribution in [0, 0.1) is 6.92 Å². The van der Waals surface area contributed by atoms with Crippen molar-refractivity contribution < 1.29 is 21.6 Å². The second kappa shape index (κ2) is 10.6. The maximum Gasteiger partial charge on any atom is 0.264 e. The molecule has 10 heteroatoms. The summed E-state index contributed by atoms with van der Waals surface area (Å²) in [5.41, 5.74) is 3.78. The molecule has 196 valence electrons. The summed E-state index contributed by atoms with van der Waals surface area (Å²) in [5.74, 6) is -0.260. The third-order valence-corrected chi connectivity index (χ3v) is 10.1. The minimum Gasteiger partial charge on any atom is -0.326 e. The molecule has 1 amide bonds. The number of rotatable bonds is 8. The SMILES string of the molecule is Cc1ccc(S(=O)(=O)N(C)C)cc1NC(=O)CCc1ccc(S(=O)(=O)N2CCCc3ccccc32)cc1. The summed E-state index contributed by atoms with van der Waals surface area (Å²) in [7, 11) is -4.40. The number of hydrogen-bond acceptors (Lipinski definition) is 5. The maximum absolute atomic E-state index is 13.3. The van der Waals surface area contributed by atoms with E-state index >= 15 is 0 Å². The van der Waals surface area contributed by atoms with Crippen LogP contribution in [0.25, 0.3) is 0 Å². The van der Waals surface area contributed by atoms with E-state index in [2.05, 4.69) is 5.32 Å². The lowest BCUT2D eigenvalue weighted by atomic mass is 10.0. The largest absolute Gasteiger partial charge is 0.326 e. The molecule has 1 N–H and O–H groups in total. The molecular weight excluding hydrogens is 510 g/mol. The zero-order valence-corrected chi connectivity index (χ0v) is 22.8. The number of carbonyl (C=O) groups excluding carboxylic acids is 1. The van der Waals surface area contributed by atoms with Gasteiger partial charge in [-0.3, -0.25) is 9.10 Å². The molecule has 37 heavy (non-hydrogen) atoms. The first-order valence-electron chi connectivity index (χ1n) is 12.0. The lowest BCUT2D eigenvalue weighted by Gasteiger charge is -2.30. The first kappa shape index (κ1) is 26.8. The molecule has 0 atom stereocenters. The molecule has 8 nitrogen and oxygen atoms in total. The van der Waals surface area contributed by atoms with Crippen LogP contribution in [-0.4, -0.2) is 47.7 Å². The molecule has 3 aromatic carbocycles. The third-order valence-electron chi connectivity index (χ3n) is 6.48. The Morgan fingerprint density at radius 1 is 0.946 bits per heavy atom. The number of hydrogen-bond donors (Lipinski definition) is 1. The Bertz CT molecular complexity index is 1520. The van der Waals surface area contributed by atoms with E-state index in [-0.39, 0.29) is 22.1 Å². The number of amides is 1. The van der Waals surface area contributed by atoms with E-state index in [0.717, 1.165) is 39.5 Å². The highest BCUT2D eigenvalue weighted by Gasteiger charge is 2.28. The van der Waals surface area contributed by atoms with Crippen LogP contribution in [-0.2, 0) is 37.7 Å². The van der Waals surface area contributed by atoms with E-state index in [0.29, 0.717) is 18.7 Å². The summed E-state index contributed by atoms with van der Waals surface area (Å²) in [6, 6.07) is 18.8. The summed E-state index contributed by atoms with van der Waals surface area (Å²) < 4.78 is 54.1. The molecule has 3 aromatic rings. The average molecular weight is 542 g/mol. The lowest BCUT2D eigenvalue weighted by molar-refractivity contribution is -0.116. The molecule has 0 fully saturated rings. The van der Waals surface area contributed by atoms with E-state index in [1.165, 1.54) is 30.5 Å². The zero-order valence-electron chi connectivity index (χ0n) is 21.1. The fourth-order valence-electron chi connectivity index (χ4n) is 4.28. The quantitative estimate of drug-likeness (QED) is 0.465. The van der Waals surface area contributed by atoms with Crippen molar-refractivity contribution in [1.82, 2.24) is 4.31 Å². The van der Waals surface area contributed by atoms with Crippen LogP contribution in [0.2, 0.25) is 0 Å². The van der Waals surface area contributed by atoms with Gasteiger partial charge < -0.3 is 5.32 Å². The molecule has 4 rings (SSSR count). The number of aryl methyl sites for hydroxylation is 3. The fraction of sp³-hybridized carbons (Fsp3) is 0.296. The van der Waals surface area contributed by atoms with Gasteiger partial charge in [-0.1, -0.05) is 36.4 Å².